The minimum Gasteiger partial charge on any atom is -0.361 e. The zero-order valence-electron chi connectivity index (χ0n) is 7.82. The standard InChI is InChI=1S/C8H11N5S/c1-6-11-7(13-12-6)2-3-9-8-10-4-5-14-8/h4-5H,2-3H2,1H3,(H,9,10)(H,11,12,13). The Hall–Kier alpha value is -1.43. The van der Waals surface area contributed by atoms with E-state index in [9.17, 15) is 0 Å². The van der Waals surface area contributed by atoms with E-state index in [0.29, 0.717) is 0 Å². The van der Waals surface area contributed by atoms with E-state index in [1.807, 2.05) is 12.3 Å². The number of aryl methyl sites for hydroxylation is 1. The SMILES string of the molecule is Cc1nc(CCNc2nccs2)n[nH]1. The second-order valence-corrected chi connectivity index (χ2v) is 3.75. The fraction of sp³-hybridized carbons (Fsp3) is 0.375. The van der Waals surface area contributed by atoms with Crippen molar-refractivity contribution in [1.29, 1.82) is 0 Å². The van der Waals surface area contributed by atoms with Gasteiger partial charge < -0.3 is 5.32 Å². The van der Waals surface area contributed by atoms with Crippen LogP contribution in [-0.2, 0) is 6.42 Å². The van der Waals surface area contributed by atoms with Crippen LogP contribution in [0, 0.1) is 6.92 Å². The van der Waals surface area contributed by atoms with Gasteiger partial charge in [-0.25, -0.2) is 9.97 Å². The Morgan fingerprint density at radius 3 is 3.14 bits per heavy atom. The van der Waals surface area contributed by atoms with E-state index in [1.54, 1.807) is 17.5 Å². The maximum Gasteiger partial charge on any atom is 0.182 e. The van der Waals surface area contributed by atoms with Gasteiger partial charge in [-0.1, -0.05) is 0 Å². The molecule has 6 heteroatoms. The predicted octanol–water partition coefficient (Wildman–Crippen LogP) is 1.22. The maximum atomic E-state index is 4.21. The van der Waals surface area contributed by atoms with Gasteiger partial charge in [0.2, 0.25) is 0 Å². The summed E-state index contributed by atoms with van der Waals surface area (Å²) in [6.07, 6.45) is 2.59. The van der Waals surface area contributed by atoms with Crippen LogP contribution >= 0.6 is 11.3 Å². The van der Waals surface area contributed by atoms with Gasteiger partial charge in [-0.2, -0.15) is 5.10 Å². The molecule has 0 fully saturated rings. The van der Waals surface area contributed by atoms with E-state index < -0.39 is 0 Å². The van der Waals surface area contributed by atoms with E-state index in [2.05, 4.69) is 25.5 Å². The molecule has 2 aromatic rings. The van der Waals surface area contributed by atoms with Crippen LogP contribution in [0.5, 0.6) is 0 Å². The summed E-state index contributed by atoms with van der Waals surface area (Å²) in [7, 11) is 0. The number of hydrogen-bond acceptors (Lipinski definition) is 5. The van der Waals surface area contributed by atoms with Crippen molar-refractivity contribution in [2.24, 2.45) is 0 Å². The highest BCUT2D eigenvalue weighted by Crippen LogP contribution is 2.09. The average Bonchev–Trinajstić information content (AvgIpc) is 2.77. The minimum absolute atomic E-state index is 0.809. The summed E-state index contributed by atoms with van der Waals surface area (Å²) >= 11 is 1.59. The Morgan fingerprint density at radius 1 is 1.57 bits per heavy atom. The molecule has 2 heterocycles. The third kappa shape index (κ3) is 2.29. The van der Waals surface area contributed by atoms with Crippen molar-refractivity contribution in [1.82, 2.24) is 20.2 Å². The van der Waals surface area contributed by atoms with Gasteiger partial charge in [-0.15, -0.1) is 11.3 Å². The molecular formula is C8H11N5S. The molecule has 0 aliphatic heterocycles. The molecule has 14 heavy (non-hydrogen) atoms. The van der Waals surface area contributed by atoms with Crippen LogP contribution in [0.3, 0.4) is 0 Å². The number of hydrogen-bond donors (Lipinski definition) is 2. The van der Waals surface area contributed by atoms with E-state index >= 15 is 0 Å². The van der Waals surface area contributed by atoms with Gasteiger partial charge in [0.05, 0.1) is 0 Å². The molecule has 5 nitrogen and oxygen atoms in total. The summed E-state index contributed by atoms with van der Waals surface area (Å²) < 4.78 is 0. The molecule has 0 aliphatic carbocycles. The Labute approximate surface area is 85.6 Å². The number of thiazole rings is 1. The van der Waals surface area contributed by atoms with Crippen molar-refractivity contribution in [3.05, 3.63) is 23.2 Å². The lowest BCUT2D eigenvalue weighted by Crippen LogP contribution is -2.05. The number of rotatable bonds is 4. The molecule has 0 saturated heterocycles. The summed E-state index contributed by atoms with van der Waals surface area (Å²) in [6.45, 7) is 2.70. The summed E-state index contributed by atoms with van der Waals surface area (Å²) in [5.41, 5.74) is 0. The van der Waals surface area contributed by atoms with E-state index in [4.69, 9.17) is 0 Å². The highest BCUT2D eigenvalue weighted by atomic mass is 32.1. The van der Waals surface area contributed by atoms with Gasteiger partial charge in [0.25, 0.3) is 0 Å². The van der Waals surface area contributed by atoms with E-state index in [1.165, 1.54) is 0 Å². The number of nitrogens with one attached hydrogen (secondary N) is 2. The van der Waals surface area contributed by atoms with Gasteiger partial charge in [0.1, 0.15) is 5.82 Å². The number of anilines is 1. The number of aromatic nitrogens is 4. The van der Waals surface area contributed by atoms with E-state index in [-0.39, 0.29) is 0 Å². The van der Waals surface area contributed by atoms with Crippen LogP contribution in [0.25, 0.3) is 0 Å². The molecule has 2 rings (SSSR count). The highest BCUT2D eigenvalue weighted by molar-refractivity contribution is 7.13. The molecule has 0 unspecified atom stereocenters. The predicted molar refractivity (Wildman–Crippen MR) is 55.4 cm³/mol. The second kappa shape index (κ2) is 4.19. The first kappa shape index (κ1) is 9.14. The summed E-state index contributed by atoms with van der Waals surface area (Å²) in [4.78, 5) is 8.32. The quantitative estimate of drug-likeness (QED) is 0.794. The van der Waals surface area contributed by atoms with Gasteiger partial charge in [-0.3, -0.25) is 5.10 Å². The van der Waals surface area contributed by atoms with Crippen molar-refractivity contribution in [2.45, 2.75) is 13.3 Å². The Bertz CT molecular complexity index is 380. The van der Waals surface area contributed by atoms with Crippen molar-refractivity contribution in [3.63, 3.8) is 0 Å². The highest BCUT2D eigenvalue weighted by Gasteiger charge is 1.99. The largest absolute Gasteiger partial charge is 0.361 e. The first-order chi connectivity index (χ1) is 6.84. The average molecular weight is 209 g/mol. The topological polar surface area (TPSA) is 66.5 Å². The third-order valence-corrected chi connectivity index (χ3v) is 2.43. The van der Waals surface area contributed by atoms with Crippen LogP contribution in [0.2, 0.25) is 0 Å². The minimum atomic E-state index is 0.809. The van der Waals surface area contributed by atoms with Crippen molar-refractivity contribution in [3.8, 4) is 0 Å². The normalized spacial score (nSPS) is 10.4. The van der Waals surface area contributed by atoms with Gasteiger partial charge in [-0.05, 0) is 6.92 Å². The zero-order chi connectivity index (χ0) is 9.80. The summed E-state index contributed by atoms with van der Waals surface area (Å²) in [5, 5.41) is 12.9. The van der Waals surface area contributed by atoms with Crippen LogP contribution in [-0.4, -0.2) is 26.7 Å². The Morgan fingerprint density at radius 2 is 2.50 bits per heavy atom. The van der Waals surface area contributed by atoms with Crippen molar-refractivity contribution >= 4 is 16.5 Å². The number of aromatic amines is 1. The molecule has 0 saturated carbocycles. The van der Waals surface area contributed by atoms with Crippen LogP contribution in [0.1, 0.15) is 11.6 Å². The lowest BCUT2D eigenvalue weighted by molar-refractivity contribution is 0.900. The summed E-state index contributed by atoms with van der Waals surface area (Å²) in [5.74, 6) is 1.70. The Balaban J connectivity index is 1.78. The molecule has 0 spiro atoms. The maximum absolute atomic E-state index is 4.21. The Kier molecular flexibility index (Phi) is 2.73. The summed E-state index contributed by atoms with van der Waals surface area (Å²) in [6, 6.07) is 0. The molecule has 0 aliphatic rings. The lowest BCUT2D eigenvalue weighted by atomic mass is 10.4. The van der Waals surface area contributed by atoms with Gasteiger partial charge in [0.15, 0.2) is 11.0 Å². The van der Waals surface area contributed by atoms with E-state index in [0.717, 1.165) is 29.7 Å². The molecule has 2 N–H and O–H groups in total. The van der Waals surface area contributed by atoms with Crippen LogP contribution in [0.15, 0.2) is 11.6 Å². The third-order valence-electron chi connectivity index (χ3n) is 1.70. The van der Waals surface area contributed by atoms with Crippen LogP contribution < -0.4 is 5.32 Å². The van der Waals surface area contributed by atoms with Gasteiger partial charge >= 0.3 is 0 Å². The second-order valence-electron chi connectivity index (χ2n) is 2.85. The van der Waals surface area contributed by atoms with Crippen molar-refractivity contribution < 1.29 is 0 Å². The first-order valence-corrected chi connectivity index (χ1v) is 5.24. The molecule has 0 aromatic carbocycles. The number of H-pyrrole nitrogens is 1. The fourth-order valence-corrected chi connectivity index (χ4v) is 1.65. The molecular weight excluding hydrogens is 198 g/mol. The zero-order valence-corrected chi connectivity index (χ0v) is 8.64. The van der Waals surface area contributed by atoms with Gasteiger partial charge in [0, 0.05) is 24.5 Å². The number of nitrogens with zero attached hydrogens (tertiary/aromatic N) is 3. The molecule has 0 bridgehead atoms. The van der Waals surface area contributed by atoms with Crippen LogP contribution in [0.4, 0.5) is 5.13 Å². The smallest absolute Gasteiger partial charge is 0.182 e. The molecule has 2 aromatic heterocycles. The monoisotopic (exact) mass is 209 g/mol. The fourth-order valence-electron chi connectivity index (χ4n) is 1.09. The molecule has 0 radical (unpaired) electrons. The molecule has 0 atom stereocenters. The molecule has 0 amide bonds. The van der Waals surface area contributed by atoms with Crippen molar-refractivity contribution in [2.75, 3.05) is 11.9 Å². The lowest BCUT2D eigenvalue weighted by Gasteiger charge is -1.98. The molecule has 74 valence electrons. The first-order valence-electron chi connectivity index (χ1n) is 4.36.